The van der Waals surface area contributed by atoms with Gasteiger partial charge in [0.15, 0.2) is 0 Å². The number of rotatable bonds is 1. The molecule has 3 heteroatoms. The molecule has 0 aromatic carbocycles. The van der Waals surface area contributed by atoms with Gasteiger partial charge in [0.1, 0.15) is 11.6 Å². The fourth-order valence-electron chi connectivity index (χ4n) is 0.558. The molecule has 0 spiro atoms. The number of H-pyrrole nitrogens is 1. The fourth-order valence-corrected chi connectivity index (χ4v) is 0.558. The molecule has 0 atom stereocenters. The predicted molar refractivity (Wildman–Crippen MR) is 32.4 cm³/mol. The van der Waals surface area contributed by atoms with Gasteiger partial charge in [-0.05, 0) is 0 Å². The quantitative estimate of drug-likeness (QED) is 0.556. The van der Waals surface area contributed by atoms with Crippen LogP contribution in [-0.4, -0.2) is 9.97 Å². The molecule has 8 heavy (non-hydrogen) atoms. The van der Waals surface area contributed by atoms with Crippen LogP contribution >= 0.6 is 0 Å². The van der Waals surface area contributed by atoms with E-state index in [1.165, 1.54) is 0 Å². The van der Waals surface area contributed by atoms with E-state index >= 15 is 0 Å². The normalized spacial score (nSPS) is 9.62. The van der Waals surface area contributed by atoms with Crippen molar-refractivity contribution in [1.29, 1.82) is 0 Å². The van der Waals surface area contributed by atoms with Crippen molar-refractivity contribution in [2.75, 3.05) is 5.73 Å². The Kier molecular flexibility index (Phi) is 1.20. The van der Waals surface area contributed by atoms with Crippen LogP contribution in [0.1, 0.15) is 12.7 Å². The maximum absolute atomic E-state index is 5.34. The van der Waals surface area contributed by atoms with E-state index in [1.54, 1.807) is 6.20 Å². The molecule has 0 radical (unpaired) electrons. The Balaban J connectivity index is 2.84. The summed E-state index contributed by atoms with van der Waals surface area (Å²) >= 11 is 0. The molecule has 1 aromatic rings. The molecule has 0 fully saturated rings. The highest BCUT2D eigenvalue weighted by atomic mass is 15.0. The van der Waals surface area contributed by atoms with E-state index in [0.29, 0.717) is 5.82 Å². The Hall–Kier alpha value is -0.990. The summed E-state index contributed by atoms with van der Waals surface area (Å²) in [5, 5.41) is 0. The average Bonchev–Trinajstić information content (AvgIpc) is 2.14. The molecular weight excluding hydrogens is 102 g/mol. The van der Waals surface area contributed by atoms with Crippen LogP contribution in [0.25, 0.3) is 0 Å². The predicted octanol–water partition coefficient (Wildman–Crippen LogP) is 0.554. The van der Waals surface area contributed by atoms with Crippen LogP contribution in [-0.2, 0) is 6.42 Å². The topological polar surface area (TPSA) is 54.7 Å². The number of nitrogens with one attached hydrogen (secondary N) is 1. The van der Waals surface area contributed by atoms with Crippen molar-refractivity contribution < 1.29 is 0 Å². The second-order valence-corrected chi connectivity index (χ2v) is 1.64. The van der Waals surface area contributed by atoms with E-state index in [2.05, 4.69) is 9.97 Å². The van der Waals surface area contributed by atoms with Crippen molar-refractivity contribution in [2.24, 2.45) is 0 Å². The number of aromatic nitrogens is 2. The SMILES string of the molecule is CCc1ncc(N)[nH]1. The highest BCUT2D eigenvalue weighted by molar-refractivity contribution is 5.24. The Morgan fingerprint density at radius 1 is 1.88 bits per heavy atom. The average molecular weight is 111 g/mol. The van der Waals surface area contributed by atoms with Gasteiger partial charge in [0.2, 0.25) is 0 Å². The fraction of sp³-hybridized carbons (Fsp3) is 0.400. The minimum atomic E-state index is 0.641. The van der Waals surface area contributed by atoms with Crippen LogP contribution in [0.3, 0.4) is 0 Å². The largest absolute Gasteiger partial charge is 0.384 e. The lowest BCUT2D eigenvalue weighted by molar-refractivity contribution is 0.991. The molecular formula is C5H9N3. The van der Waals surface area contributed by atoms with Gasteiger partial charge in [-0.3, -0.25) is 0 Å². The molecule has 44 valence electrons. The summed E-state index contributed by atoms with van der Waals surface area (Å²) in [5.41, 5.74) is 5.34. The van der Waals surface area contributed by atoms with Gasteiger partial charge in [-0.2, -0.15) is 0 Å². The van der Waals surface area contributed by atoms with Crippen molar-refractivity contribution >= 4 is 5.82 Å². The number of aryl methyl sites for hydroxylation is 1. The highest BCUT2D eigenvalue weighted by Crippen LogP contribution is 1.96. The summed E-state index contributed by atoms with van der Waals surface area (Å²) in [5.74, 6) is 1.59. The first-order chi connectivity index (χ1) is 3.83. The summed E-state index contributed by atoms with van der Waals surface area (Å²) in [4.78, 5) is 6.85. The molecule has 3 N–H and O–H groups in total. The smallest absolute Gasteiger partial charge is 0.120 e. The van der Waals surface area contributed by atoms with E-state index < -0.39 is 0 Å². The Morgan fingerprint density at radius 2 is 2.62 bits per heavy atom. The van der Waals surface area contributed by atoms with Crippen LogP contribution in [0.5, 0.6) is 0 Å². The molecule has 1 aromatic heterocycles. The third-order valence-corrected chi connectivity index (χ3v) is 0.983. The minimum Gasteiger partial charge on any atom is -0.384 e. The van der Waals surface area contributed by atoms with E-state index in [9.17, 15) is 0 Å². The zero-order chi connectivity index (χ0) is 5.98. The molecule has 0 saturated heterocycles. The molecule has 0 bridgehead atoms. The lowest BCUT2D eigenvalue weighted by atomic mass is 10.5. The molecule has 0 amide bonds. The maximum Gasteiger partial charge on any atom is 0.120 e. The molecule has 1 heterocycles. The first-order valence-electron chi connectivity index (χ1n) is 2.62. The van der Waals surface area contributed by atoms with Crippen molar-refractivity contribution in [3.05, 3.63) is 12.0 Å². The summed E-state index contributed by atoms with van der Waals surface area (Å²) in [6, 6.07) is 0. The lowest BCUT2D eigenvalue weighted by Crippen LogP contribution is -1.84. The first-order valence-corrected chi connectivity index (χ1v) is 2.62. The van der Waals surface area contributed by atoms with E-state index in [4.69, 9.17) is 5.73 Å². The molecule has 0 saturated carbocycles. The van der Waals surface area contributed by atoms with Gasteiger partial charge in [-0.1, -0.05) is 6.92 Å². The van der Waals surface area contributed by atoms with E-state index in [-0.39, 0.29) is 0 Å². The Labute approximate surface area is 47.9 Å². The number of nitrogens with zero attached hydrogens (tertiary/aromatic N) is 1. The minimum absolute atomic E-state index is 0.641. The van der Waals surface area contributed by atoms with Crippen LogP contribution in [0.15, 0.2) is 6.20 Å². The summed E-state index contributed by atoms with van der Waals surface area (Å²) in [6.07, 6.45) is 2.54. The third-order valence-electron chi connectivity index (χ3n) is 0.983. The first kappa shape index (κ1) is 5.15. The summed E-state index contributed by atoms with van der Waals surface area (Å²) in [6.45, 7) is 2.03. The van der Waals surface area contributed by atoms with Crippen LogP contribution in [0.2, 0.25) is 0 Å². The summed E-state index contributed by atoms with van der Waals surface area (Å²) < 4.78 is 0. The number of hydrogen-bond acceptors (Lipinski definition) is 2. The zero-order valence-electron chi connectivity index (χ0n) is 4.81. The molecule has 0 aliphatic rings. The van der Waals surface area contributed by atoms with Gasteiger partial charge in [0, 0.05) is 6.42 Å². The third kappa shape index (κ3) is 0.804. The van der Waals surface area contributed by atoms with Gasteiger partial charge in [0.05, 0.1) is 6.20 Å². The Morgan fingerprint density at radius 3 is 2.88 bits per heavy atom. The van der Waals surface area contributed by atoms with Crippen molar-refractivity contribution in [3.8, 4) is 0 Å². The van der Waals surface area contributed by atoms with Gasteiger partial charge < -0.3 is 10.7 Å². The van der Waals surface area contributed by atoms with E-state index in [0.717, 1.165) is 12.2 Å². The number of nitrogens with two attached hydrogens (primary N) is 1. The molecule has 0 aliphatic heterocycles. The van der Waals surface area contributed by atoms with Crippen molar-refractivity contribution in [3.63, 3.8) is 0 Å². The standard InChI is InChI=1S/C5H9N3/c1-2-5-7-3-4(6)8-5/h3H,2,6H2,1H3,(H,7,8). The molecule has 3 nitrogen and oxygen atoms in total. The highest BCUT2D eigenvalue weighted by Gasteiger charge is 1.89. The second-order valence-electron chi connectivity index (χ2n) is 1.64. The summed E-state index contributed by atoms with van der Waals surface area (Å²) in [7, 11) is 0. The van der Waals surface area contributed by atoms with Gasteiger partial charge >= 0.3 is 0 Å². The van der Waals surface area contributed by atoms with Crippen molar-refractivity contribution in [2.45, 2.75) is 13.3 Å². The van der Waals surface area contributed by atoms with E-state index in [1.807, 2.05) is 6.92 Å². The number of imidazole rings is 1. The zero-order valence-corrected chi connectivity index (χ0v) is 4.81. The van der Waals surface area contributed by atoms with Crippen LogP contribution in [0.4, 0.5) is 5.82 Å². The molecule has 0 aliphatic carbocycles. The van der Waals surface area contributed by atoms with Gasteiger partial charge in [0.25, 0.3) is 0 Å². The van der Waals surface area contributed by atoms with Crippen LogP contribution < -0.4 is 5.73 Å². The molecule has 1 rings (SSSR count). The number of nitrogen functional groups attached to an aromatic ring is 1. The number of aromatic amines is 1. The van der Waals surface area contributed by atoms with Crippen LogP contribution in [0, 0.1) is 0 Å². The lowest BCUT2D eigenvalue weighted by Gasteiger charge is -1.82. The second kappa shape index (κ2) is 1.86. The van der Waals surface area contributed by atoms with Gasteiger partial charge in [-0.15, -0.1) is 0 Å². The van der Waals surface area contributed by atoms with Crippen molar-refractivity contribution in [1.82, 2.24) is 9.97 Å². The molecule has 0 unspecified atom stereocenters. The van der Waals surface area contributed by atoms with Gasteiger partial charge in [-0.25, -0.2) is 4.98 Å². The maximum atomic E-state index is 5.34. The Bertz CT molecular complexity index is 168. The number of hydrogen-bond donors (Lipinski definition) is 2. The number of anilines is 1. The monoisotopic (exact) mass is 111 g/mol.